The summed E-state index contributed by atoms with van der Waals surface area (Å²) in [6, 6.07) is 14.1. The summed E-state index contributed by atoms with van der Waals surface area (Å²) in [5, 5.41) is 6.53. The Labute approximate surface area is 172 Å². The number of halogens is 1. The third kappa shape index (κ3) is 8.37. The molecule has 0 bridgehead atoms. The number of rotatable bonds is 8. The maximum Gasteiger partial charge on any atom is 0.243 e. The molecule has 1 aromatic carbocycles. The fraction of sp³-hybridized carbons (Fsp3) is 0.368. The summed E-state index contributed by atoms with van der Waals surface area (Å²) in [5.74, 6) is 1.52. The number of hydrogen-bond acceptors (Lipinski definition) is 3. The maximum atomic E-state index is 11.8. The molecule has 0 saturated carbocycles. The Kier molecular flexibility index (Phi) is 10.5. The molecule has 0 aliphatic heterocycles. The van der Waals surface area contributed by atoms with Gasteiger partial charge in [-0.3, -0.25) is 4.79 Å². The predicted molar refractivity (Wildman–Crippen MR) is 115 cm³/mol. The summed E-state index contributed by atoms with van der Waals surface area (Å²) < 4.78 is 5.32. The molecule has 2 N–H and O–H groups in total. The molecule has 142 valence electrons. The Bertz CT molecular complexity index is 657. The van der Waals surface area contributed by atoms with Gasteiger partial charge >= 0.3 is 0 Å². The monoisotopic (exact) mass is 470 g/mol. The zero-order valence-corrected chi connectivity index (χ0v) is 17.6. The molecular formula is C19H27IN4O2. The van der Waals surface area contributed by atoms with E-state index in [1.807, 2.05) is 30.3 Å². The van der Waals surface area contributed by atoms with Gasteiger partial charge in [-0.05, 0) is 24.1 Å². The quantitative estimate of drug-likeness (QED) is 0.353. The second kappa shape index (κ2) is 12.3. The van der Waals surface area contributed by atoms with Crippen molar-refractivity contribution in [3.8, 4) is 0 Å². The SMILES string of the molecule is CN(C)C(=O)CN=C(NCCc1ccccc1)NCCc1ccco1.I. The van der Waals surface area contributed by atoms with Crippen molar-refractivity contribution in [2.24, 2.45) is 4.99 Å². The normalized spacial score (nSPS) is 10.8. The lowest BCUT2D eigenvalue weighted by Gasteiger charge is -2.13. The van der Waals surface area contributed by atoms with E-state index in [9.17, 15) is 4.79 Å². The van der Waals surface area contributed by atoms with Gasteiger partial charge in [-0.25, -0.2) is 4.99 Å². The summed E-state index contributed by atoms with van der Waals surface area (Å²) in [6.45, 7) is 1.54. The van der Waals surface area contributed by atoms with Crippen molar-refractivity contribution < 1.29 is 9.21 Å². The standard InChI is InChI=1S/C19H26N4O2.HI/c1-23(2)18(24)15-22-19(21-13-11-17-9-6-14-25-17)20-12-10-16-7-4-3-5-8-16;/h3-9,14H,10-13,15H2,1-2H3,(H2,20,21,22);1H. The van der Waals surface area contributed by atoms with Crippen molar-refractivity contribution in [2.45, 2.75) is 12.8 Å². The molecule has 26 heavy (non-hydrogen) atoms. The molecule has 0 unspecified atom stereocenters. The number of hydrogen-bond donors (Lipinski definition) is 2. The van der Waals surface area contributed by atoms with Gasteiger partial charge in [0, 0.05) is 33.6 Å². The van der Waals surface area contributed by atoms with Gasteiger partial charge in [0.1, 0.15) is 12.3 Å². The molecule has 0 aliphatic rings. The Morgan fingerprint density at radius 1 is 1.04 bits per heavy atom. The van der Waals surface area contributed by atoms with Crippen LogP contribution in [0.3, 0.4) is 0 Å². The van der Waals surface area contributed by atoms with Crippen molar-refractivity contribution in [3.63, 3.8) is 0 Å². The minimum atomic E-state index is -0.0322. The zero-order valence-electron chi connectivity index (χ0n) is 15.3. The van der Waals surface area contributed by atoms with E-state index in [0.717, 1.165) is 25.1 Å². The number of nitrogens with one attached hydrogen (secondary N) is 2. The number of furan rings is 1. The van der Waals surface area contributed by atoms with Crippen molar-refractivity contribution in [1.82, 2.24) is 15.5 Å². The van der Waals surface area contributed by atoms with Gasteiger partial charge in [0.15, 0.2) is 5.96 Å². The van der Waals surface area contributed by atoms with Gasteiger partial charge in [-0.2, -0.15) is 0 Å². The van der Waals surface area contributed by atoms with Crippen molar-refractivity contribution in [2.75, 3.05) is 33.7 Å². The van der Waals surface area contributed by atoms with Crippen LogP contribution >= 0.6 is 24.0 Å². The minimum Gasteiger partial charge on any atom is -0.469 e. The lowest BCUT2D eigenvalue weighted by atomic mass is 10.1. The molecule has 2 rings (SSSR count). The topological polar surface area (TPSA) is 69.9 Å². The number of carbonyl (C=O) groups excluding carboxylic acids is 1. The third-order valence-corrected chi connectivity index (χ3v) is 3.66. The van der Waals surface area contributed by atoms with Gasteiger partial charge < -0.3 is 20.0 Å². The van der Waals surface area contributed by atoms with E-state index >= 15 is 0 Å². The third-order valence-electron chi connectivity index (χ3n) is 3.66. The smallest absolute Gasteiger partial charge is 0.243 e. The zero-order chi connectivity index (χ0) is 17.9. The molecule has 1 aromatic heterocycles. The summed E-state index contributed by atoms with van der Waals surface area (Å²) in [6.07, 6.45) is 3.31. The highest BCUT2D eigenvalue weighted by Gasteiger charge is 2.05. The minimum absolute atomic E-state index is 0. The van der Waals surface area contributed by atoms with E-state index in [4.69, 9.17) is 4.42 Å². The molecule has 6 nitrogen and oxygen atoms in total. The van der Waals surface area contributed by atoms with E-state index in [1.54, 1.807) is 20.4 Å². The molecule has 7 heteroatoms. The van der Waals surface area contributed by atoms with Crippen LogP contribution in [0, 0.1) is 0 Å². The number of benzene rings is 1. The van der Waals surface area contributed by atoms with Crippen LogP contribution in [0.5, 0.6) is 0 Å². The summed E-state index contributed by atoms with van der Waals surface area (Å²) in [4.78, 5) is 17.7. The van der Waals surface area contributed by atoms with Gasteiger partial charge in [-0.15, -0.1) is 24.0 Å². The van der Waals surface area contributed by atoms with Crippen LogP contribution in [-0.2, 0) is 17.6 Å². The number of aliphatic imine (C=N–C) groups is 1. The molecule has 1 amide bonds. The van der Waals surface area contributed by atoms with Crippen LogP contribution in [0.2, 0.25) is 0 Å². The Balaban J connectivity index is 0.00000338. The van der Waals surface area contributed by atoms with Crippen molar-refractivity contribution in [1.29, 1.82) is 0 Å². The lowest BCUT2D eigenvalue weighted by molar-refractivity contribution is -0.127. The molecule has 0 atom stereocenters. The predicted octanol–water partition coefficient (Wildman–Crippen LogP) is 2.31. The molecular weight excluding hydrogens is 443 g/mol. The van der Waals surface area contributed by atoms with Gasteiger partial charge in [-0.1, -0.05) is 30.3 Å². The molecule has 0 saturated heterocycles. The molecule has 0 fully saturated rings. The van der Waals surface area contributed by atoms with Gasteiger partial charge in [0.05, 0.1) is 6.26 Å². The number of nitrogens with zero attached hydrogens (tertiary/aromatic N) is 2. The average molecular weight is 470 g/mol. The van der Waals surface area contributed by atoms with Crippen LogP contribution in [0.25, 0.3) is 0 Å². The first-order valence-electron chi connectivity index (χ1n) is 8.44. The molecule has 2 aromatic rings. The highest BCUT2D eigenvalue weighted by Crippen LogP contribution is 2.00. The fourth-order valence-corrected chi connectivity index (χ4v) is 2.19. The highest BCUT2D eigenvalue weighted by molar-refractivity contribution is 14.0. The average Bonchev–Trinajstić information content (AvgIpc) is 3.13. The molecule has 1 heterocycles. The molecule has 0 aliphatic carbocycles. The van der Waals surface area contributed by atoms with E-state index in [-0.39, 0.29) is 36.4 Å². The molecule has 0 radical (unpaired) electrons. The van der Waals surface area contributed by atoms with E-state index in [1.165, 1.54) is 10.5 Å². The maximum absolute atomic E-state index is 11.8. The highest BCUT2D eigenvalue weighted by atomic mass is 127. The van der Waals surface area contributed by atoms with Crippen LogP contribution in [0.15, 0.2) is 58.1 Å². The first-order chi connectivity index (χ1) is 12.1. The number of amides is 1. The van der Waals surface area contributed by atoms with Crippen LogP contribution < -0.4 is 10.6 Å². The largest absolute Gasteiger partial charge is 0.469 e. The van der Waals surface area contributed by atoms with Crippen LogP contribution in [-0.4, -0.2) is 50.5 Å². The van der Waals surface area contributed by atoms with Gasteiger partial charge in [0.25, 0.3) is 0 Å². The number of guanidine groups is 1. The summed E-state index contributed by atoms with van der Waals surface area (Å²) >= 11 is 0. The Morgan fingerprint density at radius 3 is 2.35 bits per heavy atom. The first-order valence-corrected chi connectivity index (χ1v) is 8.44. The summed E-state index contributed by atoms with van der Waals surface area (Å²) in [7, 11) is 3.45. The first kappa shape index (κ1) is 22.0. The number of likely N-dealkylation sites (N-methyl/N-ethyl adjacent to an activating group) is 1. The second-order valence-corrected chi connectivity index (χ2v) is 5.87. The Hall–Kier alpha value is -2.03. The second-order valence-electron chi connectivity index (χ2n) is 5.87. The van der Waals surface area contributed by atoms with Crippen molar-refractivity contribution in [3.05, 3.63) is 60.1 Å². The van der Waals surface area contributed by atoms with E-state index < -0.39 is 0 Å². The van der Waals surface area contributed by atoms with Crippen LogP contribution in [0.1, 0.15) is 11.3 Å². The Morgan fingerprint density at radius 2 is 1.73 bits per heavy atom. The van der Waals surface area contributed by atoms with E-state index in [2.05, 4.69) is 27.8 Å². The van der Waals surface area contributed by atoms with E-state index in [0.29, 0.717) is 12.5 Å². The van der Waals surface area contributed by atoms with Crippen LogP contribution in [0.4, 0.5) is 0 Å². The molecule has 0 spiro atoms. The lowest BCUT2D eigenvalue weighted by Crippen LogP contribution is -2.40. The van der Waals surface area contributed by atoms with Crippen molar-refractivity contribution >= 4 is 35.8 Å². The fourth-order valence-electron chi connectivity index (χ4n) is 2.19. The summed E-state index contributed by atoms with van der Waals surface area (Å²) in [5.41, 5.74) is 1.26. The number of carbonyl (C=O) groups is 1. The van der Waals surface area contributed by atoms with Gasteiger partial charge in [0.2, 0.25) is 5.91 Å².